The van der Waals surface area contributed by atoms with Crippen molar-refractivity contribution in [1.29, 1.82) is 0 Å². The molecule has 4 aliphatic heterocycles. The van der Waals surface area contributed by atoms with Gasteiger partial charge >= 0.3 is 5.97 Å². The minimum atomic E-state index is -1.12. The van der Waals surface area contributed by atoms with Gasteiger partial charge in [0.1, 0.15) is 11.5 Å². The van der Waals surface area contributed by atoms with Crippen LogP contribution in [0.5, 0.6) is 0 Å². The van der Waals surface area contributed by atoms with E-state index in [9.17, 15) is 29.4 Å². The van der Waals surface area contributed by atoms with Gasteiger partial charge in [0.05, 0.1) is 30.7 Å². The number of carboxylic acid groups (broad SMARTS) is 1. The number of β-amino-alcohol motifs (C(OH)–C–C–N with tert-alkyl or cyclic N) is 1. The fourth-order valence-electron chi connectivity index (χ4n) is 5.85. The van der Waals surface area contributed by atoms with Gasteiger partial charge in [0.25, 0.3) is 0 Å². The molecule has 0 aromatic rings. The summed E-state index contributed by atoms with van der Waals surface area (Å²) < 4.78 is 0. The van der Waals surface area contributed by atoms with E-state index in [0.29, 0.717) is 37.4 Å². The molecule has 2 amide bonds. The van der Waals surface area contributed by atoms with Crippen LogP contribution in [0.25, 0.3) is 0 Å². The Labute approximate surface area is 203 Å². The number of ketones is 1. The maximum absolute atomic E-state index is 13.0. The van der Waals surface area contributed by atoms with E-state index in [0.717, 1.165) is 0 Å². The molecule has 4 heterocycles. The zero-order valence-electron chi connectivity index (χ0n) is 19.8. The number of aliphatic hydroxyl groups is 1. The lowest BCUT2D eigenvalue weighted by molar-refractivity contribution is -0.160. The first-order valence-corrected chi connectivity index (χ1v) is 12.9. The van der Waals surface area contributed by atoms with Crippen molar-refractivity contribution in [2.45, 2.75) is 56.5 Å². The van der Waals surface area contributed by atoms with Crippen LogP contribution in [-0.4, -0.2) is 100 Å². The minimum absolute atomic E-state index is 0.00941. The van der Waals surface area contributed by atoms with Crippen LogP contribution in [0.15, 0.2) is 10.6 Å². The van der Waals surface area contributed by atoms with Crippen LogP contribution in [0.3, 0.4) is 0 Å². The molecule has 3 fully saturated rings. The number of fused-ring (bicyclic) bond motifs is 1. The maximum atomic E-state index is 13.0. The zero-order valence-corrected chi connectivity index (χ0v) is 20.6. The molecule has 188 valence electrons. The molecule has 3 saturated heterocycles. The Bertz CT molecular complexity index is 910. The number of β-lactam (4-membered cyclic amide) rings is 1. The first kappa shape index (κ1) is 25.2. The normalized spacial score (nSPS) is 33.8. The number of amides is 2. The van der Waals surface area contributed by atoms with Gasteiger partial charge in [-0.15, -0.1) is 11.8 Å². The molecule has 0 aliphatic carbocycles. The summed E-state index contributed by atoms with van der Waals surface area (Å²) in [6, 6.07) is -0.602. The second-order valence-corrected chi connectivity index (χ2v) is 11.3. The number of aliphatic hydroxyl groups excluding tert-OH is 1. The topological polar surface area (TPSA) is 139 Å². The van der Waals surface area contributed by atoms with Crippen molar-refractivity contribution >= 4 is 35.3 Å². The summed E-state index contributed by atoms with van der Waals surface area (Å²) in [4.78, 5) is 53.8. The first-order valence-electron chi connectivity index (χ1n) is 12.0. The molecule has 4 aliphatic rings. The number of carboxylic acids is 1. The number of thioether (sulfide) groups is 1. The van der Waals surface area contributed by atoms with Crippen LogP contribution in [0.1, 0.15) is 33.1 Å². The van der Waals surface area contributed by atoms with Crippen molar-refractivity contribution in [2.75, 3.05) is 33.2 Å². The SMILES string of the molecule is CNCC(=O)C[C@H](C)[C@H]1C(=O)N2C(C(=O)O)=C(S[C@@H]3CN[C@H](C(=O)N4CC[C@H](O)C4)C3)[C@H](C)[C@H]12. The summed E-state index contributed by atoms with van der Waals surface area (Å²) in [5, 5.41) is 25.8. The van der Waals surface area contributed by atoms with E-state index in [2.05, 4.69) is 10.6 Å². The summed E-state index contributed by atoms with van der Waals surface area (Å²) >= 11 is 1.45. The average molecular weight is 495 g/mol. The summed E-state index contributed by atoms with van der Waals surface area (Å²) in [7, 11) is 1.70. The van der Waals surface area contributed by atoms with Crippen molar-refractivity contribution in [3.8, 4) is 0 Å². The number of hydrogen-bond acceptors (Lipinski definition) is 8. The van der Waals surface area contributed by atoms with Gasteiger partial charge in [0.2, 0.25) is 11.8 Å². The van der Waals surface area contributed by atoms with Crippen LogP contribution >= 0.6 is 11.8 Å². The predicted molar refractivity (Wildman–Crippen MR) is 126 cm³/mol. The molecule has 7 atom stereocenters. The molecule has 0 aromatic heterocycles. The molecule has 10 nitrogen and oxygen atoms in total. The van der Waals surface area contributed by atoms with Gasteiger partial charge in [-0.1, -0.05) is 13.8 Å². The molecule has 0 spiro atoms. The lowest BCUT2D eigenvalue weighted by Gasteiger charge is -2.47. The predicted octanol–water partition coefficient (Wildman–Crippen LogP) is -0.369. The Balaban J connectivity index is 1.43. The Morgan fingerprint density at radius 2 is 2.06 bits per heavy atom. The van der Waals surface area contributed by atoms with Crippen molar-refractivity contribution in [3.63, 3.8) is 0 Å². The van der Waals surface area contributed by atoms with E-state index in [1.807, 2.05) is 13.8 Å². The summed E-state index contributed by atoms with van der Waals surface area (Å²) in [6.07, 6.45) is 0.967. The number of likely N-dealkylation sites (tertiary alicyclic amines) is 1. The third-order valence-corrected chi connectivity index (χ3v) is 9.00. The Morgan fingerprint density at radius 1 is 1.32 bits per heavy atom. The van der Waals surface area contributed by atoms with Gasteiger partial charge in [0.15, 0.2) is 0 Å². The van der Waals surface area contributed by atoms with Crippen molar-refractivity contribution in [1.82, 2.24) is 20.4 Å². The highest BCUT2D eigenvalue weighted by Gasteiger charge is 2.60. The van der Waals surface area contributed by atoms with E-state index in [-0.39, 0.29) is 71.3 Å². The van der Waals surface area contributed by atoms with Crippen molar-refractivity contribution < 1.29 is 29.4 Å². The van der Waals surface area contributed by atoms with Gasteiger partial charge in [0, 0.05) is 42.1 Å². The number of Topliss-reactive ketones (excluding diaryl/α,β-unsaturated/α-hetero) is 1. The van der Waals surface area contributed by atoms with Crippen LogP contribution in [0.4, 0.5) is 0 Å². The van der Waals surface area contributed by atoms with E-state index >= 15 is 0 Å². The molecule has 4 rings (SSSR count). The molecule has 0 bridgehead atoms. The van der Waals surface area contributed by atoms with Gasteiger partial charge in [-0.2, -0.15) is 0 Å². The maximum Gasteiger partial charge on any atom is 0.353 e. The van der Waals surface area contributed by atoms with E-state index in [1.54, 1.807) is 11.9 Å². The van der Waals surface area contributed by atoms with Gasteiger partial charge in [-0.3, -0.25) is 14.4 Å². The molecular weight excluding hydrogens is 460 g/mol. The summed E-state index contributed by atoms with van der Waals surface area (Å²) in [6.45, 7) is 5.57. The fraction of sp³-hybridized carbons (Fsp3) is 0.739. The number of aliphatic carboxylic acids is 1. The summed E-state index contributed by atoms with van der Waals surface area (Å²) in [5.41, 5.74) is 0.0509. The molecule has 11 heteroatoms. The number of rotatable bonds is 9. The fourth-order valence-corrected chi connectivity index (χ4v) is 7.32. The Morgan fingerprint density at radius 3 is 2.68 bits per heavy atom. The minimum Gasteiger partial charge on any atom is -0.477 e. The average Bonchev–Trinajstić information content (AvgIpc) is 3.46. The monoisotopic (exact) mass is 494 g/mol. The molecular formula is C23H34N4O6S. The highest BCUT2D eigenvalue weighted by atomic mass is 32.2. The number of carbonyl (C=O) groups is 4. The number of likely N-dealkylation sites (N-methyl/N-ethyl adjacent to an activating group) is 1. The van der Waals surface area contributed by atoms with Crippen molar-refractivity contribution in [2.24, 2.45) is 17.8 Å². The molecule has 0 unspecified atom stereocenters. The van der Waals surface area contributed by atoms with Gasteiger partial charge in [-0.05, 0) is 25.8 Å². The van der Waals surface area contributed by atoms with Crippen LogP contribution in [-0.2, 0) is 19.2 Å². The van der Waals surface area contributed by atoms with Crippen LogP contribution < -0.4 is 10.6 Å². The number of carbonyl (C=O) groups excluding carboxylic acids is 3. The third-order valence-electron chi connectivity index (χ3n) is 7.49. The Kier molecular flexibility index (Phi) is 7.37. The standard InChI is InChI=1S/C23H34N4O6S/c1-11(6-14(29)8-24-3)17-18-12(2)20(19(23(32)33)27(18)22(17)31)34-15-7-16(25-9-15)21(30)26-5-4-13(28)10-26/h11-13,15-18,24-25,28H,4-10H2,1-3H3,(H,32,33)/t11-,12+,13-,15-,16-,17+,18+/m0/s1. The number of nitrogens with zero attached hydrogens (tertiary/aromatic N) is 2. The van der Waals surface area contributed by atoms with Gasteiger partial charge < -0.3 is 30.6 Å². The highest BCUT2D eigenvalue weighted by Crippen LogP contribution is 2.53. The largest absolute Gasteiger partial charge is 0.477 e. The lowest BCUT2D eigenvalue weighted by atomic mass is 9.73. The van der Waals surface area contributed by atoms with E-state index in [1.165, 1.54) is 16.7 Å². The van der Waals surface area contributed by atoms with E-state index in [4.69, 9.17) is 0 Å². The Hall–Kier alpha value is -1.95. The molecule has 0 aromatic carbocycles. The quantitative estimate of drug-likeness (QED) is 0.316. The first-order chi connectivity index (χ1) is 16.1. The number of hydrogen-bond donors (Lipinski definition) is 4. The third kappa shape index (κ3) is 4.50. The second kappa shape index (κ2) is 9.96. The second-order valence-electron chi connectivity index (χ2n) is 9.94. The zero-order chi connectivity index (χ0) is 24.7. The number of nitrogens with one attached hydrogen (secondary N) is 2. The smallest absolute Gasteiger partial charge is 0.353 e. The van der Waals surface area contributed by atoms with Gasteiger partial charge in [-0.25, -0.2) is 4.79 Å². The lowest BCUT2D eigenvalue weighted by Crippen LogP contribution is -2.62. The van der Waals surface area contributed by atoms with Crippen molar-refractivity contribution in [3.05, 3.63) is 10.6 Å². The highest BCUT2D eigenvalue weighted by molar-refractivity contribution is 8.03. The van der Waals surface area contributed by atoms with Crippen LogP contribution in [0.2, 0.25) is 0 Å². The molecule has 0 saturated carbocycles. The molecule has 0 radical (unpaired) electrons. The van der Waals surface area contributed by atoms with E-state index < -0.39 is 12.1 Å². The van der Waals surface area contributed by atoms with Crippen LogP contribution in [0, 0.1) is 17.8 Å². The summed E-state index contributed by atoms with van der Waals surface area (Å²) in [5.74, 6) is -2.02. The molecule has 4 N–H and O–H groups in total. The molecule has 34 heavy (non-hydrogen) atoms.